The molecule has 0 saturated carbocycles. The maximum atomic E-state index is 10.7. The van der Waals surface area contributed by atoms with Crippen LogP contribution in [0.15, 0.2) is 24.3 Å². The van der Waals surface area contributed by atoms with Crippen molar-refractivity contribution in [2.45, 2.75) is 32.7 Å². The Morgan fingerprint density at radius 3 is 2.57 bits per heavy atom. The summed E-state index contributed by atoms with van der Waals surface area (Å²) in [5.74, 6) is 0. The quantitative estimate of drug-likeness (QED) is 0.625. The summed E-state index contributed by atoms with van der Waals surface area (Å²) in [4.78, 5) is 10.2. The molecule has 1 unspecified atom stereocenters. The van der Waals surface area contributed by atoms with Crippen LogP contribution in [0.4, 0.5) is 5.69 Å². The Labute approximate surface area is 127 Å². The number of nitro benzene ring substituents is 1. The summed E-state index contributed by atoms with van der Waals surface area (Å²) in [6.45, 7) is 5.19. The lowest BCUT2D eigenvalue weighted by atomic mass is 10.2. The third-order valence-corrected chi connectivity index (χ3v) is 4.20. The monoisotopic (exact) mass is 306 g/mol. The minimum absolute atomic E-state index is 0.0829. The number of hydrogen-bond donors (Lipinski definition) is 1. The van der Waals surface area contributed by atoms with Gasteiger partial charge in [-0.25, -0.2) is 0 Å². The summed E-state index contributed by atoms with van der Waals surface area (Å²) < 4.78 is 0. The van der Waals surface area contributed by atoms with Crippen LogP contribution in [0.5, 0.6) is 0 Å². The van der Waals surface area contributed by atoms with Crippen molar-refractivity contribution in [3.8, 4) is 10.6 Å². The maximum absolute atomic E-state index is 10.7. The number of hydrogen-bond acceptors (Lipinski definition) is 6. The Kier molecular flexibility index (Phi) is 5.35. The van der Waals surface area contributed by atoms with Gasteiger partial charge in [-0.3, -0.25) is 10.1 Å². The maximum Gasteiger partial charge on any atom is 0.269 e. The smallest absolute Gasteiger partial charge is 0.269 e. The normalized spacial score (nSPS) is 12.3. The van der Waals surface area contributed by atoms with Crippen molar-refractivity contribution in [3.63, 3.8) is 0 Å². The molecule has 2 rings (SSSR count). The number of nitro groups is 1. The van der Waals surface area contributed by atoms with Gasteiger partial charge in [0.1, 0.15) is 10.0 Å². The molecule has 0 aliphatic carbocycles. The second-order valence-electron chi connectivity index (χ2n) is 4.66. The summed E-state index contributed by atoms with van der Waals surface area (Å²) >= 11 is 1.53. The molecule has 0 radical (unpaired) electrons. The summed E-state index contributed by atoms with van der Waals surface area (Å²) in [5, 5.41) is 24.3. The Morgan fingerprint density at radius 2 is 2.00 bits per heavy atom. The van der Waals surface area contributed by atoms with Crippen molar-refractivity contribution in [1.29, 1.82) is 0 Å². The van der Waals surface area contributed by atoms with Crippen molar-refractivity contribution < 1.29 is 4.92 Å². The zero-order valence-corrected chi connectivity index (χ0v) is 12.9. The van der Waals surface area contributed by atoms with E-state index >= 15 is 0 Å². The molecule has 1 N–H and O–H groups in total. The van der Waals surface area contributed by atoms with Crippen LogP contribution in [0.2, 0.25) is 0 Å². The predicted molar refractivity (Wildman–Crippen MR) is 83.3 cm³/mol. The minimum atomic E-state index is -0.406. The van der Waals surface area contributed by atoms with E-state index < -0.39 is 4.92 Å². The Hall–Kier alpha value is -1.86. The lowest BCUT2D eigenvalue weighted by Gasteiger charge is -2.12. The largest absolute Gasteiger partial charge is 0.308 e. The fraction of sp³-hybridized carbons (Fsp3) is 0.429. The molecule has 112 valence electrons. The van der Waals surface area contributed by atoms with Gasteiger partial charge >= 0.3 is 0 Å². The second kappa shape index (κ2) is 7.24. The van der Waals surface area contributed by atoms with Crippen LogP contribution >= 0.6 is 11.3 Å². The molecule has 1 aromatic heterocycles. The van der Waals surface area contributed by atoms with E-state index in [4.69, 9.17) is 0 Å². The molecule has 7 heteroatoms. The first-order chi connectivity index (χ1) is 10.2. The highest BCUT2D eigenvalue weighted by molar-refractivity contribution is 7.14. The highest BCUT2D eigenvalue weighted by atomic mass is 32.1. The third-order valence-electron chi connectivity index (χ3n) is 3.11. The van der Waals surface area contributed by atoms with Crippen molar-refractivity contribution in [3.05, 3.63) is 39.4 Å². The zero-order chi connectivity index (χ0) is 15.2. The van der Waals surface area contributed by atoms with Crippen LogP contribution in [0, 0.1) is 10.1 Å². The average Bonchev–Trinajstić information content (AvgIpc) is 2.98. The Morgan fingerprint density at radius 1 is 1.29 bits per heavy atom. The topological polar surface area (TPSA) is 81.0 Å². The van der Waals surface area contributed by atoms with Gasteiger partial charge in [0, 0.05) is 17.7 Å². The first-order valence-electron chi connectivity index (χ1n) is 6.97. The highest BCUT2D eigenvalue weighted by Crippen LogP contribution is 2.29. The van der Waals surface area contributed by atoms with Gasteiger partial charge in [-0.2, -0.15) is 0 Å². The van der Waals surface area contributed by atoms with Crippen molar-refractivity contribution in [2.75, 3.05) is 6.54 Å². The molecule has 1 aromatic carbocycles. The number of aromatic nitrogens is 2. The zero-order valence-electron chi connectivity index (χ0n) is 12.1. The van der Waals surface area contributed by atoms with Gasteiger partial charge in [-0.15, -0.1) is 10.2 Å². The number of rotatable bonds is 7. The molecule has 1 heterocycles. The number of non-ortho nitro benzene ring substituents is 1. The fourth-order valence-corrected chi connectivity index (χ4v) is 2.95. The van der Waals surface area contributed by atoms with Crippen molar-refractivity contribution in [1.82, 2.24) is 15.5 Å². The molecule has 21 heavy (non-hydrogen) atoms. The summed E-state index contributed by atoms with van der Waals surface area (Å²) in [6, 6.07) is 6.62. The van der Waals surface area contributed by atoms with E-state index in [2.05, 4.69) is 29.4 Å². The van der Waals surface area contributed by atoms with Gasteiger partial charge in [0.2, 0.25) is 0 Å². The third kappa shape index (κ3) is 3.83. The summed E-state index contributed by atoms with van der Waals surface area (Å²) in [6.07, 6.45) is 2.03. The second-order valence-corrected chi connectivity index (χ2v) is 5.67. The van der Waals surface area contributed by atoms with E-state index in [1.54, 1.807) is 12.1 Å². The van der Waals surface area contributed by atoms with Crippen molar-refractivity contribution in [2.24, 2.45) is 0 Å². The van der Waals surface area contributed by atoms with Crippen LogP contribution < -0.4 is 5.32 Å². The molecule has 0 fully saturated rings. The standard InChI is InChI=1S/C14H18N4O2S/c1-3-9-15-12(4-2)14-17-16-13(21-14)10-5-7-11(8-6-10)18(19)20/h5-8,12,15H,3-4,9H2,1-2H3. The molecule has 0 aliphatic heterocycles. The lowest BCUT2D eigenvalue weighted by molar-refractivity contribution is -0.384. The van der Waals surface area contributed by atoms with Gasteiger partial charge in [-0.1, -0.05) is 25.2 Å². The lowest BCUT2D eigenvalue weighted by Crippen LogP contribution is -2.21. The predicted octanol–water partition coefficient (Wildman–Crippen LogP) is 3.56. The molecule has 0 spiro atoms. The first kappa shape index (κ1) is 15.5. The number of nitrogens with zero attached hydrogens (tertiary/aromatic N) is 3. The molecular formula is C14H18N4O2S. The van der Waals surface area contributed by atoms with Gasteiger partial charge in [0.25, 0.3) is 5.69 Å². The van der Waals surface area contributed by atoms with Crippen LogP contribution in [0.3, 0.4) is 0 Å². The van der Waals surface area contributed by atoms with Crippen molar-refractivity contribution >= 4 is 17.0 Å². The van der Waals surface area contributed by atoms with Gasteiger partial charge < -0.3 is 5.32 Å². The number of benzene rings is 1. The molecule has 0 amide bonds. The van der Waals surface area contributed by atoms with Crippen LogP contribution in [-0.2, 0) is 0 Å². The molecule has 1 atom stereocenters. The number of nitrogens with one attached hydrogen (secondary N) is 1. The van der Waals surface area contributed by atoms with Crippen LogP contribution in [-0.4, -0.2) is 21.7 Å². The summed E-state index contributed by atoms with van der Waals surface area (Å²) in [5.41, 5.74) is 0.939. The fourth-order valence-electron chi connectivity index (χ4n) is 1.94. The highest BCUT2D eigenvalue weighted by Gasteiger charge is 2.15. The molecule has 0 aliphatic rings. The molecule has 6 nitrogen and oxygen atoms in total. The SMILES string of the molecule is CCCNC(CC)c1nnc(-c2ccc([N+](=O)[O-])cc2)s1. The molecular weight excluding hydrogens is 288 g/mol. The van der Waals surface area contributed by atoms with E-state index in [1.807, 2.05) is 0 Å². The van der Waals surface area contributed by atoms with E-state index in [9.17, 15) is 10.1 Å². The van der Waals surface area contributed by atoms with Crippen LogP contribution in [0.25, 0.3) is 10.6 Å². The van der Waals surface area contributed by atoms with Crippen LogP contribution in [0.1, 0.15) is 37.7 Å². The Bertz CT molecular complexity index is 597. The van der Waals surface area contributed by atoms with E-state index in [0.29, 0.717) is 0 Å². The van der Waals surface area contributed by atoms with E-state index in [1.165, 1.54) is 23.5 Å². The molecule has 0 bridgehead atoms. The molecule has 2 aromatic rings. The Balaban J connectivity index is 2.16. The van der Waals surface area contributed by atoms with E-state index in [-0.39, 0.29) is 11.7 Å². The first-order valence-corrected chi connectivity index (χ1v) is 7.79. The van der Waals surface area contributed by atoms with Gasteiger partial charge in [0.05, 0.1) is 11.0 Å². The van der Waals surface area contributed by atoms with E-state index in [0.717, 1.165) is 35.0 Å². The van der Waals surface area contributed by atoms with Gasteiger partial charge in [-0.05, 0) is 31.5 Å². The molecule has 0 saturated heterocycles. The summed E-state index contributed by atoms with van der Waals surface area (Å²) in [7, 11) is 0. The minimum Gasteiger partial charge on any atom is -0.308 e. The van der Waals surface area contributed by atoms with Gasteiger partial charge in [0.15, 0.2) is 0 Å². The average molecular weight is 306 g/mol.